The van der Waals surface area contributed by atoms with Crippen LogP contribution in [0.4, 0.5) is 0 Å². The second-order valence-corrected chi connectivity index (χ2v) is 7.46. The molecule has 0 aromatic heterocycles. The molecule has 134 valence electrons. The highest BCUT2D eigenvalue weighted by Crippen LogP contribution is 2.28. The molecular formula is C19H22BrNO3S. The van der Waals surface area contributed by atoms with Crippen molar-refractivity contribution in [2.45, 2.75) is 12.3 Å². The van der Waals surface area contributed by atoms with Crippen LogP contribution in [0.5, 0.6) is 11.5 Å². The monoisotopic (exact) mass is 423 g/mol. The summed E-state index contributed by atoms with van der Waals surface area (Å²) in [6, 6.07) is 13.9. The summed E-state index contributed by atoms with van der Waals surface area (Å²) >= 11 is 5.04. The van der Waals surface area contributed by atoms with Crippen LogP contribution in [0.1, 0.15) is 11.1 Å². The molecule has 25 heavy (non-hydrogen) atoms. The minimum absolute atomic E-state index is 0.108. The Hall–Kier alpha value is -1.66. The van der Waals surface area contributed by atoms with Crippen LogP contribution in [0.3, 0.4) is 0 Å². The average molecular weight is 424 g/mol. The van der Waals surface area contributed by atoms with E-state index in [9.17, 15) is 4.79 Å². The predicted octanol–water partition coefficient (Wildman–Crippen LogP) is 4.36. The molecule has 0 saturated carbocycles. The summed E-state index contributed by atoms with van der Waals surface area (Å²) in [5.41, 5.74) is 2.22. The van der Waals surface area contributed by atoms with Crippen LogP contribution < -0.4 is 9.47 Å². The number of carbonyl (C=O) groups excluding carboxylic acids is 1. The largest absolute Gasteiger partial charge is 0.493 e. The normalized spacial score (nSPS) is 10.4. The van der Waals surface area contributed by atoms with E-state index in [4.69, 9.17) is 9.47 Å². The number of halogens is 1. The summed E-state index contributed by atoms with van der Waals surface area (Å²) in [6.07, 6.45) is 0. The maximum Gasteiger partial charge on any atom is 0.232 e. The van der Waals surface area contributed by atoms with Gasteiger partial charge < -0.3 is 14.4 Å². The molecule has 6 heteroatoms. The highest BCUT2D eigenvalue weighted by atomic mass is 79.9. The fraction of sp³-hybridized carbons (Fsp3) is 0.316. The summed E-state index contributed by atoms with van der Waals surface area (Å²) in [6.45, 7) is 0.540. The van der Waals surface area contributed by atoms with Crippen LogP contribution >= 0.6 is 27.7 Å². The molecule has 0 atom stereocenters. The molecule has 2 rings (SSSR count). The van der Waals surface area contributed by atoms with Crippen LogP contribution in [-0.4, -0.2) is 37.8 Å². The molecule has 0 aliphatic rings. The zero-order valence-corrected chi connectivity index (χ0v) is 17.0. The molecule has 0 spiro atoms. The Labute approximate surface area is 161 Å². The van der Waals surface area contributed by atoms with Crippen molar-refractivity contribution in [2.75, 3.05) is 27.0 Å². The van der Waals surface area contributed by atoms with E-state index in [2.05, 4.69) is 28.1 Å². The molecule has 0 fully saturated rings. The van der Waals surface area contributed by atoms with Crippen LogP contribution in [-0.2, 0) is 17.1 Å². The van der Waals surface area contributed by atoms with E-state index in [0.29, 0.717) is 23.8 Å². The van der Waals surface area contributed by atoms with Gasteiger partial charge in [0.05, 0.1) is 20.0 Å². The van der Waals surface area contributed by atoms with Crippen LogP contribution in [0, 0.1) is 0 Å². The van der Waals surface area contributed by atoms with Crippen molar-refractivity contribution in [3.8, 4) is 11.5 Å². The summed E-state index contributed by atoms with van der Waals surface area (Å²) in [4.78, 5) is 14.0. The van der Waals surface area contributed by atoms with E-state index in [0.717, 1.165) is 15.8 Å². The van der Waals surface area contributed by atoms with Gasteiger partial charge in [-0.1, -0.05) is 34.1 Å². The molecule has 0 aliphatic carbocycles. The Morgan fingerprint density at radius 3 is 2.32 bits per heavy atom. The summed E-state index contributed by atoms with van der Waals surface area (Å²) in [7, 11) is 5.03. The number of amides is 1. The lowest BCUT2D eigenvalue weighted by atomic mass is 10.2. The van der Waals surface area contributed by atoms with Gasteiger partial charge in [0.25, 0.3) is 0 Å². The van der Waals surface area contributed by atoms with Crippen molar-refractivity contribution >= 4 is 33.6 Å². The lowest BCUT2D eigenvalue weighted by molar-refractivity contribution is -0.127. The Bertz CT molecular complexity index is 706. The molecule has 1 amide bonds. The van der Waals surface area contributed by atoms with E-state index in [-0.39, 0.29) is 5.91 Å². The topological polar surface area (TPSA) is 38.8 Å². The van der Waals surface area contributed by atoms with Gasteiger partial charge in [0, 0.05) is 23.8 Å². The maximum atomic E-state index is 12.3. The average Bonchev–Trinajstić information content (AvgIpc) is 2.63. The van der Waals surface area contributed by atoms with Gasteiger partial charge in [0.1, 0.15) is 0 Å². The van der Waals surface area contributed by atoms with Gasteiger partial charge in [-0.3, -0.25) is 4.79 Å². The molecule has 0 heterocycles. The zero-order valence-electron chi connectivity index (χ0n) is 14.6. The lowest BCUT2D eigenvalue weighted by Gasteiger charge is -2.18. The van der Waals surface area contributed by atoms with Gasteiger partial charge in [0.15, 0.2) is 11.5 Å². The first-order valence-corrected chi connectivity index (χ1v) is 9.75. The second-order valence-electron chi connectivity index (χ2n) is 5.56. The van der Waals surface area contributed by atoms with Gasteiger partial charge >= 0.3 is 0 Å². The number of methoxy groups -OCH3 is 2. The van der Waals surface area contributed by atoms with Crippen molar-refractivity contribution in [3.05, 3.63) is 58.1 Å². The van der Waals surface area contributed by atoms with E-state index in [1.807, 2.05) is 37.4 Å². The number of ether oxygens (including phenoxy) is 2. The fourth-order valence-corrected chi connectivity index (χ4v) is 3.48. The maximum absolute atomic E-state index is 12.3. The van der Waals surface area contributed by atoms with Gasteiger partial charge in [-0.05, 0) is 35.4 Å². The molecule has 2 aromatic carbocycles. The second kappa shape index (κ2) is 9.73. The number of rotatable bonds is 8. The van der Waals surface area contributed by atoms with Crippen molar-refractivity contribution in [1.29, 1.82) is 0 Å². The number of thioether (sulfide) groups is 1. The molecule has 0 aliphatic heterocycles. The first kappa shape index (κ1) is 19.7. The quantitative estimate of drug-likeness (QED) is 0.632. The Morgan fingerprint density at radius 1 is 1.04 bits per heavy atom. The summed E-state index contributed by atoms with van der Waals surface area (Å²) in [5, 5.41) is 0. The number of nitrogens with zero attached hydrogens (tertiary/aromatic N) is 1. The fourth-order valence-electron chi connectivity index (χ4n) is 2.29. The molecule has 0 radical (unpaired) electrons. The highest BCUT2D eigenvalue weighted by molar-refractivity contribution is 9.10. The van der Waals surface area contributed by atoms with Gasteiger partial charge in [0.2, 0.25) is 5.91 Å². The molecule has 0 unspecified atom stereocenters. The number of hydrogen-bond donors (Lipinski definition) is 0. The predicted molar refractivity (Wildman–Crippen MR) is 106 cm³/mol. The minimum atomic E-state index is 0.108. The smallest absolute Gasteiger partial charge is 0.232 e. The van der Waals surface area contributed by atoms with Gasteiger partial charge in [-0.15, -0.1) is 11.8 Å². The number of benzene rings is 2. The molecule has 0 N–H and O–H groups in total. The highest BCUT2D eigenvalue weighted by Gasteiger charge is 2.11. The van der Waals surface area contributed by atoms with Crippen molar-refractivity contribution in [2.24, 2.45) is 0 Å². The van der Waals surface area contributed by atoms with E-state index in [1.165, 1.54) is 5.56 Å². The SMILES string of the molecule is COc1ccc(CN(C)C(=O)CSCc2ccc(Br)cc2)cc1OC. The van der Waals surface area contributed by atoms with Crippen molar-refractivity contribution < 1.29 is 14.3 Å². The van der Waals surface area contributed by atoms with Crippen molar-refractivity contribution in [1.82, 2.24) is 4.90 Å². The zero-order chi connectivity index (χ0) is 18.2. The Balaban J connectivity index is 1.84. The summed E-state index contributed by atoms with van der Waals surface area (Å²) < 4.78 is 11.6. The Kier molecular flexibility index (Phi) is 7.65. The molecule has 0 saturated heterocycles. The van der Waals surface area contributed by atoms with E-state index in [1.54, 1.807) is 30.9 Å². The molecule has 0 bridgehead atoms. The van der Waals surface area contributed by atoms with Crippen LogP contribution in [0.2, 0.25) is 0 Å². The number of hydrogen-bond acceptors (Lipinski definition) is 4. The van der Waals surface area contributed by atoms with Gasteiger partial charge in [-0.2, -0.15) is 0 Å². The minimum Gasteiger partial charge on any atom is -0.493 e. The third kappa shape index (κ3) is 5.97. The first-order valence-electron chi connectivity index (χ1n) is 7.80. The van der Waals surface area contributed by atoms with Crippen molar-refractivity contribution in [3.63, 3.8) is 0 Å². The number of carbonyl (C=O) groups is 1. The molecular weight excluding hydrogens is 402 g/mol. The lowest BCUT2D eigenvalue weighted by Crippen LogP contribution is -2.27. The third-order valence-electron chi connectivity index (χ3n) is 3.70. The third-order valence-corrected chi connectivity index (χ3v) is 5.22. The van der Waals surface area contributed by atoms with E-state index >= 15 is 0 Å². The van der Waals surface area contributed by atoms with Crippen LogP contribution in [0.25, 0.3) is 0 Å². The first-order chi connectivity index (χ1) is 12.0. The molecule has 4 nitrogen and oxygen atoms in total. The summed E-state index contributed by atoms with van der Waals surface area (Å²) in [5.74, 6) is 2.75. The van der Waals surface area contributed by atoms with Crippen LogP contribution in [0.15, 0.2) is 46.9 Å². The van der Waals surface area contributed by atoms with E-state index < -0.39 is 0 Å². The Morgan fingerprint density at radius 2 is 1.68 bits per heavy atom. The van der Waals surface area contributed by atoms with Gasteiger partial charge in [-0.25, -0.2) is 0 Å². The molecule has 2 aromatic rings. The standard InChI is InChI=1S/C19H22BrNO3S/c1-21(11-15-6-9-17(23-2)18(10-15)24-3)19(22)13-25-12-14-4-7-16(20)8-5-14/h4-10H,11-13H2,1-3H3.